The summed E-state index contributed by atoms with van der Waals surface area (Å²) < 4.78 is 28.9. The highest BCUT2D eigenvalue weighted by Crippen LogP contribution is 2.47. The van der Waals surface area contributed by atoms with Gasteiger partial charge in [-0.2, -0.15) is 0 Å². The van der Waals surface area contributed by atoms with E-state index in [1.807, 2.05) is 13.1 Å². The molecule has 2 aromatic heterocycles. The SMILES string of the molecule is C[C@@H]1CN(c2ncnc3c2C(C)(C)CN3c2ccc(C3COC3)cn2)[C@@H](C)CN1C(=O)[C@@]1(C)CCS1(=O)=O. The lowest BCUT2D eigenvalue weighted by Gasteiger charge is -2.49. The van der Waals surface area contributed by atoms with Crippen molar-refractivity contribution in [3.05, 3.63) is 35.8 Å². The molecule has 6 rings (SSSR count). The van der Waals surface area contributed by atoms with Gasteiger partial charge in [-0.1, -0.05) is 19.9 Å². The second kappa shape index (κ2) is 8.61. The van der Waals surface area contributed by atoms with Crippen LogP contribution in [0.1, 0.15) is 58.1 Å². The summed E-state index contributed by atoms with van der Waals surface area (Å²) in [5.74, 6) is 2.83. The van der Waals surface area contributed by atoms with Crippen LogP contribution in [-0.2, 0) is 24.8 Å². The van der Waals surface area contributed by atoms with Crippen molar-refractivity contribution in [2.45, 2.75) is 69.2 Å². The second-order valence-electron chi connectivity index (χ2n) is 12.2. The molecular formula is C27H36N6O4S. The van der Waals surface area contributed by atoms with Crippen LogP contribution in [0.3, 0.4) is 0 Å². The molecule has 10 nitrogen and oxygen atoms in total. The quantitative estimate of drug-likeness (QED) is 0.578. The Morgan fingerprint density at radius 2 is 1.76 bits per heavy atom. The Balaban J connectivity index is 1.28. The van der Waals surface area contributed by atoms with Gasteiger partial charge in [0.2, 0.25) is 5.91 Å². The zero-order valence-corrected chi connectivity index (χ0v) is 23.5. The lowest BCUT2D eigenvalue weighted by Crippen LogP contribution is -2.66. The molecule has 6 heterocycles. The molecular weight excluding hydrogens is 504 g/mol. The lowest BCUT2D eigenvalue weighted by molar-refractivity contribution is -0.137. The van der Waals surface area contributed by atoms with Gasteiger partial charge >= 0.3 is 0 Å². The Morgan fingerprint density at radius 3 is 2.34 bits per heavy atom. The summed E-state index contributed by atoms with van der Waals surface area (Å²) in [4.78, 5) is 33.8. The Labute approximate surface area is 224 Å². The summed E-state index contributed by atoms with van der Waals surface area (Å²) in [5.41, 5.74) is 2.05. The fourth-order valence-corrected chi connectivity index (χ4v) is 7.72. The minimum Gasteiger partial charge on any atom is -0.380 e. The first kappa shape index (κ1) is 25.5. The number of carbonyl (C=O) groups excluding carboxylic acids is 1. The van der Waals surface area contributed by atoms with Gasteiger partial charge in [-0.15, -0.1) is 0 Å². The second-order valence-corrected chi connectivity index (χ2v) is 14.7. The van der Waals surface area contributed by atoms with Crippen molar-refractivity contribution in [1.29, 1.82) is 0 Å². The van der Waals surface area contributed by atoms with E-state index in [4.69, 9.17) is 19.7 Å². The summed E-state index contributed by atoms with van der Waals surface area (Å²) in [7, 11) is -3.38. The fraction of sp³-hybridized carbons (Fsp3) is 0.630. The molecule has 3 fully saturated rings. The third-order valence-electron chi connectivity index (χ3n) is 8.96. The highest BCUT2D eigenvalue weighted by Gasteiger charge is 2.57. The molecule has 3 saturated heterocycles. The number of hydrogen-bond acceptors (Lipinski definition) is 9. The minimum atomic E-state index is -3.38. The zero-order valence-electron chi connectivity index (χ0n) is 22.7. The third-order valence-corrected chi connectivity index (χ3v) is 11.4. The van der Waals surface area contributed by atoms with E-state index in [1.54, 1.807) is 18.2 Å². The summed E-state index contributed by atoms with van der Waals surface area (Å²) in [6.07, 6.45) is 3.94. The number of aromatic nitrogens is 3. The molecule has 0 unspecified atom stereocenters. The first-order chi connectivity index (χ1) is 17.9. The van der Waals surface area contributed by atoms with Crippen LogP contribution in [0.15, 0.2) is 24.7 Å². The van der Waals surface area contributed by atoms with E-state index < -0.39 is 14.6 Å². The molecule has 0 spiro atoms. The van der Waals surface area contributed by atoms with Crippen LogP contribution >= 0.6 is 0 Å². The first-order valence-electron chi connectivity index (χ1n) is 13.4. The average Bonchev–Trinajstić information content (AvgIpc) is 3.14. The number of rotatable bonds is 4. The van der Waals surface area contributed by atoms with Crippen LogP contribution < -0.4 is 9.80 Å². The molecule has 0 aromatic carbocycles. The summed E-state index contributed by atoms with van der Waals surface area (Å²) >= 11 is 0. The number of pyridine rings is 1. The molecule has 204 valence electrons. The normalized spacial score (nSPS) is 30.0. The number of anilines is 3. The van der Waals surface area contributed by atoms with Gasteiger partial charge in [0.1, 0.15) is 28.5 Å². The molecule has 1 amide bonds. The monoisotopic (exact) mass is 540 g/mol. The molecule has 11 heteroatoms. The van der Waals surface area contributed by atoms with Crippen LogP contribution in [0.25, 0.3) is 0 Å². The average molecular weight is 541 g/mol. The van der Waals surface area contributed by atoms with E-state index in [1.165, 1.54) is 5.56 Å². The van der Waals surface area contributed by atoms with Gasteiger partial charge < -0.3 is 19.4 Å². The van der Waals surface area contributed by atoms with E-state index in [0.29, 0.717) is 25.4 Å². The molecule has 0 radical (unpaired) electrons. The van der Waals surface area contributed by atoms with Crippen molar-refractivity contribution >= 4 is 33.2 Å². The Bertz CT molecular complexity index is 1380. The van der Waals surface area contributed by atoms with Crippen molar-refractivity contribution < 1.29 is 17.9 Å². The van der Waals surface area contributed by atoms with Crippen LogP contribution in [0.5, 0.6) is 0 Å². The van der Waals surface area contributed by atoms with Gasteiger partial charge in [0.05, 0.1) is 19.0 Å². The molecule has 4 aliphatic rings. The predicted octanol–water partition coefficient (Wildman–Crippen LogP) is 2.42. The van der Waals surface area contributed by atoms with Crippen LogP contribution in [-0.4, -0.2) is 89.6 Å². The predicted molar refractivity (Wildman–Crippen MR) is 145 cm³/mol. The fourth-order valence-electron chi connectivity index (χ4n) is 6.18. The van der Waals surface area contributed by atoms with Gasteiger partial charge in [-0.25, -0.2) is 23.4 Å². The van der Waals surface area contributed by atoms with E-state index >= 15 is 0 Å². The number of fused-ring (bicyclic) bond motifs is 1. The van der Waals surface area contributed by atoms with Crippen LogP contribution in [0, 0.1) is 0 Å². The van der Waals surface area contributed by atoms with E-state index in [2.05, 4.69) is 42.7 Å². The highest BCUT2D eigenvalue weighted by atomic mass is 32.2. The maximum atomic E-state index is 13.4. The maximum Gasteiger partial charge on any atom is 0.244 e. The van der Waals surface area contributed by atoms with Gasteiger partial charge in [-0.05, 0) is 38.8 Å². The number of piperazine rings is 1. The third kappa shape index (κ3) is 3.72. The first-order valence-corrected chi connectivity index (χ1v) is 15.0. The number of hydrogen-bond donors (Lipinski definition) is 0. The molecule has 0 bridgehead atoms. The largest absolute Gasteiger partial charge is 0.380 e. The highest BCUT2D eigenvalue weighted by molar-refractivity contribution is 7.95. The van der Waals surface area contributed by atoms with Gasteiger partial charge in [-0.3, -0.25) is 4.79 Å². The molecule has 0 aliphatic carbocycles. The molecule has 2 aromatic rings. The standard InChI is InChI=1S/C27H36N6O4S/c1-17-12-32(25(34)27(5)8-9-38(27,35)36)18(2)11-31(17)23-22-24(30-16-29-23)33(15-26(22,3)4)21-7-6-19(10-28-21)20-13-37-14-20/h6-7,10,16-18,20H,8-9,11-15H2,1-5H3/t17-,18+,27+/m0/s1. The summed E-state index contributed by atoms with van der Waals surface area (Å²) in [6, 6.07) is 4.01. The van der Waals surface area contributed by atoms with Crippen molar-refractivity contribution in [3.8, 4) is 0 Å². The van der Waals surface area contributed by atoms with Crippen LogP contribution in [0.2, 0.25) is 0 Å². The molecule has 4 aliphatic heterocycles. The van der Waals surface area contributed by atoms with Gasteiger partial charge in [0.25, 0.3) is 0 Å². The number of amides is 1. The van der Waals surface area contributed by atoms with Crippen molar-refractivity contribution in [2.24, 2.45) is 0 Å². The van der Waals surface area contributed by atoms with E-state index in [0.717, 1.165) is 42.8 Å². The van der Waals surface area contributed by atoms with Crippen molar-refractivity contribution in [1.82, 2.24) is 19.9 Å². The van der Waals surface area contributed by atoms with Gasteiger partial charge in [0.15, 0.2) is 9.84 Å². The minimum absolute atomic E-state index is 0.0347. The summed E-state index contributed by atoms with van der Waals surface area (Å²) in [6.45, 7) is 13.3. The van der Waals surface area contributed by atoms with E-state index in [9.17, 15) is 13.2 Å². The number of nitrogens with zero attached hydrogens (tertiary/aromatic N) is 6. The Kier molecular flexibility index (Phi) is 5.77. The van der Waals surface area contributed by atoms with Crippen molar-refractivity contribution in [3.63, 3.8) is 0 Å². The van der Waals surface area contributed by atoms with Crippen molar-refractivity contribution in [2.75, 3.05) is 48.4 Å². The lowest BCUT2D eigenvalue weighted by atomic mass is 9.87. The number of ether oxygens (including phenoxy) is 1. The number of carbonyl (C=O) groups is 1. The Hall–Kier alpha value is -2.79. The zero-order chi connectivity index (χ0) is 27.0. The van der Waals surface area contributed by atoms with E-state index in [-0.39, 0.29) is 29.2 Å². The topological polar surface area (TPSA) is 109 Å². The molecule has 38 heavy (non-hydrogen) atoms. The molecule has 0 saturated carbocycles. The molecule has 3 atom stereocenters. The molecule has 0 N–H and O–H groups in total. The summed E-state index contributed by atoms with van der Waals surface area (Å²) in [5, 5.41) is 0. The Morgan fingerprint density at radius 1 is 1.03 bits per heavy atom. The van der Waals surface area contributed by atoms with Crippen LogP contribution in [0.4, 0.5) is 17.5 Å². The maximum absolute atomic E-state index is 13.4. The number of sulfone groups is 1. The van der Waals surface area contributed by atoms with Gasteiger partial charge in [0, 0.05) is 54.8 Å². The smallest absolute Gasteiger partial charge is 0.244 e.